The van der Waals surface area contributed by atoms with Crippen molar-refractivity contribution in [3.63, 3.8) is 0 Å². The molecule has 0 radical (unpaired) electrons. The molecular formula is C19H15F2N7O5. The number of aromatic nitrogens is 4. The van der Waals surface area contributed by atoms with Crippen LogP contribution in [0.1, 0.15) is 18.3 Å². The summed E-state index contributed by atoms with van der Waals surface area (Å²) in [5.41, 5.74) is -1.13. The number of non-ortho nitro benzene ring substituents is 1. The largest absolute Gasteiger partial charge is 0.435 e. The quantitative estimate of drug-likeness (QED) is 0.321. The number of hydrogen-bond acceptors (Lipinski definition) is 8. The summed E-state index contributed by atoms with van der Waals surface area (Å²) in [5, 5.41) is 24.9. The Balaban J connectivity index is 1.58. The topological polar surface area (TPSA) is 145 Å². The Hall–Kier alpha value is -4.49. The van der Waals surface area contributed by atoms with Crippen LogP contribution in [0.4, 0.5) is 19.3 Å². The number of nitrogens with zero attached hydrogens (tertiary/aromatic N) is 6. The predicted octanol–water partition coefficient (Wildman–Crippen LogP) is 2.14. The van der Waals surface area contributed by atoms with Crippen LogP contribution < -0.4 is 10.1 Å². The number of tetrazole rings is 1. The fraction of sp³-hybridized carbons (Fsp3) is 0.211. The number of nitro groups is 1. The lowest BCUT2D eigenvalue weighted by Crippen LogP contribution is -2.40. The maximum Gasteiger partial charge on any atom is 0.387 e. The minimum absolute atomic E-state index is 0.0646. The highest BCUT2D eigenvalue weighted by molar-refractivity contribution is 6.07. The summed E-state index contributed by atoms with van der Waals surface area (Å²) < 4.78 is 30.2. The molecule has 33 heavy (non-hydrogen) atoms. The average molecular weight is 459 g/mol. The Morgan fingerprint density at radius 2 is 1.94 bits per heavy atom. The molecule has 3 amide bonds. The molecule has 14 heteroatoms. The third kappa shape index (κ3) is 4.05. The first-order valence-corrected chi connectivity index (χ1v) is 9.40. The summed E-state index contributed by atoms with van der Waals surface area (Å²) in [6, 6.07) is 10.1. The molecule has 1 fully saturated rings. The number of urea groups is 1. The number of benzene rings is 2. The molecule has 12 nitrogen and oxygen atoms in total. The minimum atomic E-state index is -2.97. The van der Waals surface area contributed by atoms with Crippen molar-refractivity contribution in [3.05, 3.63) is 70.0 Å². The summed E-state index contributed by atoms with van der Waals surface area (Å²) in [6.07, 6.45) is 0. The molecule has 170 valence electrons. The van der Waals surface area contributed by atoms with Gasteiger partial charge in [-0.2, -0.15) is 13.5 Å². The highest BCUT2D eigenvalue weighted by Crippen LogP contribution is 2.31. The zero-order valence-corrected chi connectivity index (χ0v) is 16.9. The SMILES string of the molecule is CC1(c2cccc([N+](=O)[O-])c2)NC(=O)N(Cc2nnnn2-c2ccc(OC(F)F)cc2)C1=O. The Morgan fingerprint density at radius 3 is 2.61 bits per heavy atom. The van der Waals surface area contributed by atoms with Crippen LogP contribution in [0.2, 0.25) is 0 Å². The number of alkyl halides is 2. The molecule has 2 heterocycles. The highest BCUT2D eigenvalue weighted by atomic mass is 19.3. The van der Waals surface area contributed by atoms with E-state index in [-0.39, 0.29) is 29.4 Å². The molecule has 1 saturated heterocycles. The average Bonchev–Trinajstić information content (AvgIpc) is 3.33. The van der Waals surface area contributed by atoms with Crippen molar-refractivity contribution >= 4 is 17.6 Å². The van der Waals surface area contributed by atoms with Crippen LogP contribution in [0.25, 0.3) is 5.69 Å². The number of ether oxygens (including phenoxy) is 1. The standard InChI is InChI=1S/C19H15F2N7O5/c1-19(11-3-2-4-13(9-11)28(31)32)16(29)26(18(30)22-19)10-15-23-24-25-27(15)12-5-7-14(8-6-12)33-17(20)21/h2-9,17H,10H2,1H3,(H,22,30). The lowest BCUT2D eigenvalue weighted by atomic mass is 9.91. The van der Waals surface area contributed by atoms with Crippen LogP contribution in [-0.4, -0.2) is 48.6 Å². The third-order valence-corrected chi connectivity index (χ3v) is 5.05. The van der Waals surface area contributed by atoms with Crippen LogP contribution in [-0.2, 0) is 16.9 Å². The predicted molar refractivity (Wildman–Crippen MR) is 105 cm³/mol. The van der Waals surface area contributed by atoms with Crippen molar-refractivity contribution < 1.29 is 28.0 Å². The number of nitrogens with one attached hydrogen (secondary N) is 1. The number of hydrogen-bond donors (Lipinski definition) is 1. The van der Waals surface area contributed by atoms with Gasteiger partial charge in [0.15, 0.2) is 5.82 Å². The fourth-order valence-electron chi connectivity index (χ4n) is 3.38. The normalized spacial score (nSPS) is 18.0. The molecule has 1 aliphatic rings. The number of rotatable bonds is 7. The van der Waals surface area contributed by atoms with Crippen molar-refractivity contribution in [2.24, 2.45) is 0 Å². The van der Waals surface area contributed by atoms with Gasteiger partial charge in [-0.1, -0.05) is 12.1 Å². The van der Waals surface area contributed by atoms with Crippen LogP contribution in [0.3, 0.4) is 0 Å². The third-order valence-electron chi connectivity index (χ3n) is 5.05. The number of imide groups is 1. The van der Waals surface area contributed by atoms with Gasteiger partial charge in [0.05, 0.1) is 17.2 Å². The second-order valence-corrected chi connectivity index (χ2v) is 7.13. The van der Waals surface area contributed by atoms with Crippen LogP contribution in [0.15, 0.2) is 48.5 Å². The lowest BCUT2D eigenvalue weighted by molar-refractivity contribution is -0.385. The van der Waals surface area contributed by atoms with Crippen molar-refractivity contribution in [1.82, 2.24) is 30.4 Å². The Morgan fingerprint density at radius 1 is 1.21 bits per heavy atom. The van der Waals surface area contributed by atoms with Crippen molar-refractivity contribution in [1.29, 1.82) is 0 Å². The molecule has 1 atom stereocenters. The molecule has 0 spiro atoms. The van der Waals surface area contributed by atoms with E-state index in [1.165, 1.54) is 60.1 Å². The molecule has 3 aromatic rings. The molecule has 2 aromatic carbocycles. The monoisotopic (exact) mass is 459 g/mol. The summed E-state index contributed by atoms with van der Waals surface area (Å²) in [5.74, 6) is -0.599. The smallest absolute Gasteiger partial charge is 0.387 e. The van der Waals surface area contributed by atoms with Gasteiger partial charge in [-0.05, 0) is 47.2 Å². The number of nitro benzene ring substituents is 1. The molecule has 0 bridgehead atoms. The fourth-order valence-corrected chi connectivity index (χ4v) is 3.38. The Bertz CT molecular complexity index is 1230. The summed E-state index contributed by atoms with van der Waals surface area (Å²) in [7, 11) is 0. The van der Waals surface area contributed by atoms with Gasteiger partial charge in [0.25, 0.3) is 11.6 Å². The van der Waals surface area contributed by atoms with Gasteiger partial charge in [-0.3, -0.25) is 19.8 Å². The van der Waals surface area contributed by atoms with Gasteiger partial charge in [-0.25, -0.2) is 4.79 Å². The van der Waals surface area contributed by atoms with E-state index < -0.39 is 29.0 Å². The first-order chi connectivity index (χ1) is 15.7. The molecule has 0 aliphatic carbocycles. The second kappa shape index (κ2) is 8.22. The van der Waals surface area contributed by atoms with E-state index in [2.05, 4.69) is 25.6 Å². The van der Waals surface area contributed by atoms with E-state index in [1.807, 2.05) is 0 Å². The summed E-state index contributed by atoms with van der Waals surface area (Å²) in [6.45, 7) is -1.84. The number of halogens is 2. The molecule has 1 unspecified atom stereocenters. The van der Waals surface area contributed by atoms with E-state index in [0.717, 1.165) is 4.90 Å². The molecule has 1 aliphatic heterocycles. The van der Waals surface area contributed by atoms with E-state index in [4.69, 9.17) is 0 Å². The van der Waals surface area contributed by atoms with Gasteiger partial charge in [0.2, 0.25) is 0 Å². The Kier molecular flexibility index (Phi) is 5.41. The van der Waals surface area contributed by atoms with Crippen molar-refractivity contribution in [3.8, 4) is 11.4 Å². The molecule has 1 N–H and O–H groups in total. The van der Waals surface area contributed by atoms with E-state index >= 15 is 0 Å². The van der Waals surface area contributed by atoms with E-state index in [9.17, 15) is 28.5 Å². The van der Waals surface area contributed by atoms with Gasteiger partial charge in [0, 0.05) is 12.1 Å². The minimum Gasteiger partial charge on any atom is -0.435 e. The number of carbonyl (C=O) groups is 2. The summed E-state index contributed by atoms with van der Waals surface area (Å²) in [4.78, 5) is 37.1. The summed E-state index contributed by atoms with van der Waals surface area (Å²) >= 11 is 0. The van der Waals surface area contributed by atoms with Crippen LogP contribution >= 0.6 is 0 Å². The van der Waals surface area contributed by atoms with E-state index in [1.54, 1.807) is 0 Å². The maximum absolute atomic E-state index is 13.1. The molecule has 4 rings (SSSR count). The molecule has 0 saturated carbocycles. The number of amides is 3. The highest BCUT2D eigenvalue weighted by Gasteiger charge is 2.49. The van der Waals surface area contributed by atoms with E-state index in [0.29, 0.717) is 5.69 Å². The second-order valence-electron chi connectivity index (χ2n) is 7.13. The van der Waals surface area contributed by atoms with Gasteiger partial charge in [-0.15, -0.1) is 5.10 Å². The van der Waals surface area contributed by atoms with Crippen molar-refractivity contribution in [2.45, 2.75) is 25.6 Å². The van der Waals surface area contributed by atoms with Crippen LogP contribution in [0, 0.1) is 10.1 Å². The van der Waals surface area contributed by atoms with Gasteiger partial charge in [0.1, 0.15) is 11.3 Å². The van der Waals surface area contributed by atoms with Crippen molar-refractivity contribution in [2.75, 3.05) is 0 Å². The van der Waals surface area contributed by atoms with Gasteiger partial charge < -0.3 is 10.1 Å². The zero-order chi connectivity index (χ0) is 23.8. The maximum atomic E-state index is 13.1. The zero-order valence-electron chi connectivity index (χ0n) is 16.9. The Labute approximate surface area is 183 Å². The first kappa shape index (κ1) is 21.7. The lowest BCUT2D eigenvalue weighted by Gasteiger charge is -2.22. The van der Waals surface area contributed by atoms with Crippen LogP contribution in [0.5, 0.6) is 5.75 Å². The molecule has 1 aromatic heterocycles. The molecular weight excluding hydrogens is 444 g/mol. The van der Waals surface area contributed by atoms with Gasteiger partial charge >= 0.3 is 12.6 Å². The number of carbonyl (C=O) groups excluding carboxylic acids is 2. The first-order valence-electron chi connectivity index (χ1n) is 9.40.